The van der Waals surface area contributed by atoms with Crippen molar-refractivity contribution >= 4 is 39.3 Å². The molecule has 8 nitrogen and oxygen atoms in total. The third-order valence-electron chi connectivity index (χ3n) is 5.72. The summed E-state index contributed by atoms with van der Waals surface area (Å²) in [5.41, 5.74) is 1.87. The van der Waals surface area contributed by atoms with Crippen molar-refractivity contribution in [2.24, 2.45) is 4.99 Å². The van der Waals surface area contributed by atoms with Crippen molar-refractivity contribution in [3.8, 4) is 17.2 Å². The van der Waals surface area contributed by atoms with Gasteiger partial charge in [-0.15, -0.1) is 0 Å². The number of nitrogens with zero attached hydrogens (tertiary/aromatic N) is 2. The number of carbonyl (C=O) groups excluding carboxylic acids is 1. The fourth-order valence-electron chi connectivity index (χ4n) is 4.06. The lowest BCUT2D eigenvalue weighted by molar-refractivity contribution is -0.139. The summed E-state index contributed by atoms with van der Waals surface area (Å²) in [6, 6.07) is 10.0. The number of methoxy groups -OCH3 is 3. The topological polar surface area (TPSA) is 88.4 Å². The Balaban J connectivity index is 1.99. The lowest BCUT2D eigenvalue weighted by Gasteiger charge is -2.26. The second kappa shape index (κ2) is 10.7. The van der Waals surface area contributed by atoms with Crippen LogP contribution in [0.1, 0.15) is 31.0 Å². The molecule has 0 saturated carbocycles. The minimum Gasteiger partial charge on any atom is -0.497 e. The van der Waals surface area contributed by atoms with Gasteiger partial charge < -0.3 is 18.9 Å². The zero-order chi connectivity index (χ0) is 26.0. The summed E-state index contributed by atoms with van der Waals surface area (Å²) in [7, 11) is 4.68. The van der Waals surface area contributed by atoms with Crippen LogP contribution in [0.4, 0.5) is 0 Å². The normalized spacial score (nSPS) is 15.3. The highest BCUT2D eigenvalue weighted by Crippen LogP contribution is 2.37. The van der Waals surface area contributed by atoms with Crippen LogP contribution in [0.15, 0.2) is 61.9 Å². The number of benzene rings is 2. The highest BCUT2D eigenvalue weighted by molar-refractivity contribution is 9.10. The van der Waals surface area contributed by atoms with Gasteiger partial charge in [0.25, 0.3) is 5.56 Å². The van der Waals surface area contributed by atoms with Crippen LogP contribution in [0, 0.1) is 0 Å². The standard InChI is InChI=1S/C26H25BrN2O6S/c1-6-35-25(31)22-14(2)28-26-29(23(22)17-13-16(32-3)8-10-19(17)33-4)24(30)21(36-26)12-15-7-9-20(34-5)18(27)11-15/h7-13,23H,6H2,1-5H3/b21-12-. The van der Waals surface area contributed by atoms with Gasteiger partial charge in [0.05, 0.1) is 48.2 Å². The number of hydrogen-bond donors (Lipinski definition) is 0. The summed E-state index contributed by atoms with van der Waals surface area (Å²) < 4.78 is 24.5. The molecule has 0 aliphatic carbocycles. The van der Waals surface area contributed by atoms with Gasteiger partial charge in [-0.3, -0.25) is 9.36 Å². The number of allylic oxidation sites excluding steroid dienone is 1. The Morgan fingerprint density at radius 3 is 2.47 bits per heavy atom. The van der Waals surface area contributed by atoms with Crippen molar-refractivity contribution < 1.29 is 23.7 Å². The molecule has 0 saturated heterocycles. The van der Waals surface area contributed by atoms with Crippen molar-refractivity contribution in [1.82, 2.24) is 4.57 Å². The first-order chi connectivity index (χ1) is 17.3. The van der Waals surface area contributed by atoms with E-state index in [1.807, 2.05) is 18.2 Å². The summed E-state index contributed by atoms with van der Waals surface area (Å²) in [5.74, 6) is 1.22. The van der Waals surface area contributed by atoms with Crippen LogP contribution in [0.3, 0.4) is 0 Å². The maximum Gasteiger partial charge on any atom is 0.338 e. The van der Waals surface area contributed by atoms with Gasteiger partial charge in [-0.1, -0.05) is 17.4 Å². The SMILES string of the molecule is CCOC(=O)C1=C(C)N=c2s/c(=C\c3ccc(OC)c(Br)c3)c(=O)n2C1c1cc(OC)ccc1OC. The summed E-state index contributed by atoms with van der Waals surface area (Å²) in [5, 5.41) is 0. The molecule has 0 radical (unpaired) electrons. The van der Waals surface area contributed by atoms with E-state index in [9.17, 15) is 9.59 Å². The number of fused-ring (bicyclic) bond motifs is 1. The van der Waals surface area contributed by atoms with E-state index in [1.54, 1.807) is 52.3 Å². The molecule has 1 aliphatic rings. The Labute approximate surface area is 220 Å². The summed E-state index contributed by atoms with van der Waals surface area (Å²) >= 11 is 4.73. The fourth-order valence-corrected chi connectivity index (χ4v) is 5.67. The van der Waals surface area contributed by atoms with E-state index in [0.29, 0.717) is 37.8 Å². The molecule has 10 heteroatoms. The Kier molecular flexibility index (Phi) is 7.65. The first kappa shape index (κ1) is 25.7. The number of hydrogen-bond acceptors (Lipinski definition) is 8. The maximum atomic E-state index is 13.8. The monoisotopic (exact) mass is 572 g/mol. The molecule has 2 heterocycles. The minimum atomic E-state index is -0.810. The molecule has 0 spiro atoms. The van der Waals surface area contributed by atoms with Gasteiger partial charge in [0, 0.05) is 5.56 Å². The number of ether oxygens (including phenoxy) is 4. The predicted molar refractivity (Wildman–Crippen MR) is 141 cm³/mol. The second-order valence-electron chi connectivity index (χ2n) is 7.80. The lowest BCUT2D eigenvalue weighted by Crippen LogP contribution is -2.40. The smallest absolute Gasteiger partial charge is 0.338 e. The predicted octanol–water partition coefficient (Wildman–Crippen LogP) is 3.59. The number of thiazole rings is 1. The largest absolute Gasteiger partial charge is 0.497 e. The highest BCUT2D eigenvalue weighted by atomic mass is 79.9. The molecule has 1 atom stereocenters. The molecule has 0 N–H and O–H groups in total. The molecule has 1 aliphatic heterocycles. The van der Waals surface area contributed by atoms with E-state index >= 15 is 0 Å². The molecule has 0 amide bonds. The van der Waals surface area contributed by atoms with Gasteiger partial charge in [-0.2, -0.15) is 0 Å². The Hall–Kier alpha value is -3.37. The zero-order valence-electron chi connectivity index (χ0n) is 20.5. The third kappa shape index (κ3) is 4.70. The van der Waals surface area contributed by atoms with Crippen LogP contribution >= 0.6 is 27.3 Å². The van der Waals surface area contributed by atoms with E-state index < -0.39 is 12.0 Å². The molecule has 188 valence electrons. The second-order valence-corrected chi connectivity index (χ2v) is 9.67. The van der Waals surface area contributed by atoms with Crippen LogP contribution < -0.4 is 29.1 Å². The van der Waals surface area contributed by atoms with Crippen molar-refractivity contribution in [2.45, 2.75) is 19.9 Å². The lowest BCUT2D eigenvalue weighted by atomic mass is 9.94. The van der Waals surface area contributed by atoms with Crippen molar-refractivity contribution in [2.75, 3.05) is 27.9 Å². The van der Waals surface area contributed by atoms with E-state index in [1.165, 1.54) is 23.0 Å². The first-order valence-corrected chi connectivity index (χ1v) is 12.7. The Bertz CT molecular complexity index is 1540. The molecule has 36 heavy (non-hydrogen) atoms. The number of halogens is 1. The van der Waals surface area contributed by atoms with Crippen molar-refractivity contribution in [1.29, 1.82) is 0 Å². The molecule has 0 bridgehead atoms. The average molecular weight is 573 g/mol. The third-order valence-corrected chi connectivity index (χ3v) is 7.32. The maximum absolute atomic E-state index is 13.8. The van der Waals surface area contributed by atoms with E-state index in [4.69, 9.17) is 18.9 Å². The van der Waals surface area contributed by atoms with E-state index in [-0.39, 0.29) is 17.7 Å². The molecule has 2 aromatic carbocycles. The molecule has 4 rings (SSSR count). The summed E-state index contributed by atoms with van der Waals surface area (Å²) in [6.07, 6.45) is 1.79. The van der Waals surface area contributed by atoms with E-state index in [0.717, 1.165) is 10.0 Å². The van der Waals surface area contributed by atoms with Gasteiger partial charge in [-0.05, 0) is 71.7 Å². The number of carbonyl (C=O) groups is 1. The van der Waals surface area contributed by atoms with Gasteiger partial charge >= 0.3 is 5.97 Å². The van der Waals surface area contributed by atoms with Crippen molar-refractivity contribution in [3.63, 3.8) is 0 Å². The van der Waals surface area contributed by atoms with Gasteiger partial charge in [-0.25, -0.2) is 9.79 Å². The number of aromatic nitrogens is 1. The summed E-state index contributed by atoms with van der Waals surface area (Å²) in [6.45, 7) is 3.66. The van der Waals surface area contributed by atoms with E-state index in [2.05, 4.69) is 20.9 Å². The molecular formula is C26H25BrN2O6S. The van der Waals surface area contributed by atoms with Gasteiger partial charge in [0.2, 0.25) is 0 Å². The van der Waals surface area contributed by atoms with Crippen LogP contribution in [0.5, 0.6) is 17.2 Å². The zero-order valence-corrected chi connectivity index (χ0v) is 22.9. The number of rotatable bonds is 7. The molecule has 1 unspecified atom stereocenters. The van der Waals surface area contributed by atoms with Crippen LogP contribution in [0.25, 0.3) is 6.08 Å². The fraction of sp³-hybridized carbons (Fsp3) is 0.269. The van der Waals surface area contributed by atoms with Crippen molar-refractivity contribution in [3.05, 3.63) is 83.0 Å². The highest BCUT2D eigenvalue weighted by Gasteiger charge is 2.35. The first-order valence-electron chi connectivity index (χ1n) is 11.1. The van der Waals surface area contributed by atoms with Crippen LogP contribution in [-0.4, -0.2) is 38.5 Å². The molecular weight excluding hydrogens is 548 g/mol. The number of esters is 1. The Morgan fingerprint density at radius 2 is 1.83 bits per heavy atom. The van der Waals surface area contributed by atoms with Gasteiger partial charge in [0.1, 0.15) is 23.3 Å². The molecule has 0 fully saturated rings. The van der Waals surface area contributed by atoms with Crippen LogP contribution in [0.2, 0.25) is 0 Å². The molecule has 3 aromatic rings. The van der Waals surface area contributed by atoms with Gasteiger partial charge in [0.15, 0.2) is 4.80 Å². The quantitative estimate of drug-likeness (QED) is 0.402. The minimum absolute atomic E-state index is 0.189. The average Bonchev–Trinajstić information content (AvgIpc) is 3.17. The summed E-state index contributed by atoms with van der Waals surface area (Å²) in [4.78, 5) is 32.0. The van der Waals surface area contributed by atoms with Crippen LogP contribution in [-0.2, 0) is 9.53 Å². The molecule has 1 aromatic heterocycles. The Morgan fingerprint density at radius 1 is 1.11 bits per heavy atom.